The van der Waals surface area contributed by atoms with Crippen molar-refractivity contribution in [3.05, 3.63) is 64.7 Å². The molecule has 0 spiro atoms. The molecule has 1 aliphatic heterocycles. The van der Waals surface area contributed by atoms with Crippen molar-refractivity contribution in [1.29, 1.82) is 0 Å². The van der Waals surface area contributed by atoms with Crippen molar-refractivity contribution in [3.8, 4) is 0 Å². The Bertz CT molecular complexity index is 699. The van der Waals surface area contributed by atoms with Crippen LogP contribution in [0.1, 0.15) is 27.5 Å². The molecule has 2 aromatic carbocycles. The predicted octanol–water partition coefficient (Wildman–Crippen LogP) is 3.46. The molecule has 1 aliphatic rings. The summed E-state index contributed by atoms with van der Waals surface area (Å²) < 4.78 is 0. The van der Waals surface area contributed by atoms with Crippen molar-refractivity contribution in [1.82, 2.24) is 0 Å². The summed E-state index contributed by atoms with van der Waals surface area (Å²) in [6.07, 6.45) is 1.02. The number of fused-ring (bicyclic) bond motifs is 1. The average Bonchev–Trinajstić information content (AvgIpc) is 2.56. The van der Waals surface area contributed by atoms with Crippen LogP contribution in [0.3, 0.4) is 0 Å². The first kappa shape index (κ1) is 15.1. The van der Waals surface area contributed by atoms with Crippen LogP contribution in [0, 0.1) is 6.92 Å². The summed E-state index contributed by atoms with van der Waals surface area (Å²) >= 11 is 1.69. The van der Waals surface area contributed by atoms with Gasteiger partial charge in [0.2, 0.25) is 5.91 Å². The van der Waals surface area contributed by atoms with Crippen LogP contribution in [0.4, 0.5) is 5.69 Å². The van der Waals surface area contributed by atoms with Crippen LogP contribution < -0.4 is 5.32 Å². The number of nitrogens with one attached hydrogen (secondary N) is 1. The fourth-order valence-corrected chi connectivity index (χ4v) is 3.90. The first-order chi connectivity index (χ1) is 10.7. The molecular weight excluding hydrogens is 294 g/mol. The molecule has 0 saturated carbocycles. The maximum Gasteiger partial charge on any atom is 0.242 e. The van der Waals surface area contributed by atoms with E-state index in [0.29, 0.717) is 0 Å². The number of amides is 1. The highest BCUT2D eigenvalue weighted by Crippen LogP contribution is 2.37. The first-order valence-electron chi connectivity index (χ1n) is 7.39. The number of aliphatic hydroxyl groups is 1. The molecule has 114 valence electrons. The highest BCUT2D eigenvalue weighted by Gasteiger charge is 2.27. The topological polar surface area (TPSA) is 49.3 Å². The zero-order valence-corrected chi connectivity index (χ0v) is 13.3. The predicted molar refractivity (Wildman–Crippen MR) is 91.1 cm³/mol. The Kier molecular flexibility index (Phi) is 4.50. The number of hydrogen-bond acceptors (Lipinski definition) is 3. The van der Waals surface area contributed by atoms with Gasteiger partial charge in [-0.05, 0) is 47.4 Å². The normalized spacial score (nSPS) is 16.9. The Morgan fingerprint density at radius 1 is 1.32 bits per heavy atom. The molecule has 0 radical (unpaired) electrons. The number of thioether (sulfide) groups is 1. The minimum absolute atomic E-state index is 0.00957. The first-order valence-corrected chi connectivity index (χ1v) is 8.44. The van der Waals surface area contributed by atoms with Crippen molar-refractivity contribution in [3.63, 3.8) is 0 Å². The lowest BCUT2D eigenvalue weighted by Gasteiger charge is -2.24. The summed E-state index contributed by atoms with van der Waals surface area (Å²) in [5.74, 6) is 0.973. The van der Waals surface area contributed by atoms with Crippen molar-refractivity contribution in [2.45, 2.75) is 25.2 Å². The third-order valence-electron chi connectivity index (χ3n) is 3.97. The average molecular weight is 313 g/mol. The Morgan fingerprint density at radius 3 is 2.95 bits per heavy atom. The van der Waals surface area contributed by atoms with E-state index in [0.717, 1.165) is 34.6 Å². The summed E-state index contributed by atoms with van der Waals surface area (Å²) in [7, 11) is 0. The van der Waals surface area contributed by atoms with E-state index >= 15 is 0 Å². The molecule has 0 fully saturated rings. The van der Waals surface area contributed by atoms with Gasteiger partial charge < -0.3 is 10.4 Å². The summed E-state index contributed by atoms with van der Waals surface area (Å²) in [5, 5.41) is 12.1. The highest BCUT2D eigenvalue weighted by molar-refractivity contribution is 8.00. The molecule has 1 unspecified atom stereocenters. The van der Waals surface area contributed by atoms with Gasteiger partial charge in [0.05, 0.1) is 6.61 Å². The number of hydrogen-bond donors (Lipinski definition) is 2. The molecular formula is C18H19NO2S. The SMILES string of the molecule is Cc1ccc(CO)cc1NC(=O)C1SCCc2ccccc21. The zero-order chi connectivity index (χ0) is 15.5. The Balaban J connectivity index is 1.84. The van der Waals surface area contributed by atoms with Gasteiger partial charge in [0.1, 0.15) is 5.25 Å². The molecule has 3 nitrogen and oxygen atoms in total. The number of rotatable bonds is 3. The molecule has 3 rings (SSSR count). The molecule has 22 heavy (non-hydrogen) atoms. The van der Waals surface area contributed by atoms with Gasteiger partial charge in [-0.15, -0.1) is 11.8 Å². The molecule has 0 bridgehead atoms. The van der Waals surface area contributed by atoms with Gasteiger partial charge in [0.25, 0.3) is 0 Å². The van der Waals surface area contributed by atoms with Crippen molar-refractivity contribution in [2.75, 3.05) is 11.1 Å². The van der Waals surface area contributed by atoms with Crippen LogP contribution in [-0.4, -0.2) is 16.8 Å². The quantitative estimate of drug-likeness (QED) is 0.912. The van der Waals surface area contributed by atoms with Crippen LogP contribution in [-0.2, 0) is 17.8 Å². The monoisotopic (exact) mass is 313 g/mol. The van der Waals surface area contributed by atoms with E-state index in [4.69, 9.17) is 0 Å². The fourth-order valence-electron chi connectivity index (χ4n) is 2.71. The largest absolute Gasteiger partial charge is 0.392 e. The minimum atomic E-state index is -0.165. The lowest BCUT2D eigenvalue weighted by molar-refractivity contribution is -0.115. The zero-order valence-electron chi connectivity index (χ0n) is 12.5. The van der Waals surface area contributed by atoms with E-state index in [9.17, 15) is 9.90 Å². The second kappa shape index (κ2) is 6.55. The molecule has 0 aromatic heterocycles. The second-order valence-corrected chi connectivity index (χ2v) is 6.71. The standard InChI is InChI=1S/C18H19NO2S/c1-12-6-7-13(11-20)10-16(12)19-18(21)17-15-5-3-2-4-14(15)8-9-22-17/h2-7,10,17,20H,8-9,11H2,1H3,(H,19,21). The Morgan fingerprint density at radius 2 is 2.14 bits per heavy atom. The third kappa shape index (κ3) is 3.03. The third-order valence-corrected chi connectivity index (χ3v) is 5.22. The number of anilines is 1. The van der Waals surface area contributed by atoms with Crippen LogP contribution in [0.25, 0.3) is 0 Å². The maximum absolute atomic E-state index is 12.7. The second-order valence-electron chi connectivity index (χ2n) is 5.50. The van der Waals surface area contributed by atoms with E-state index in [-0.39, 0.29) is 17.8 Å². The summed E-state index contributed by atoms with van der Waals surface area (Å²) in [6.45, 7) is 1.93. The lowest BCUT2D eigenvalue weighted by atomic mass is 10.0. The van der Waals surface area contributed by atoms with Gasteiger partial charge >= 0.3 is 0 Å². The van der Waals surface area contributed by atoms with Gasteiger partial charge in [-0.25, -0.2) is 0 Å². The van der Waals surface area contributed by atoms with Crippen LogP contribution in [0.15, 0.2) is 42.5 Å². The minimum Gasteiger partial charge on any atom is -0.392 e. The smallest absolute Gasteiger partial charge is 0.242 e. The molecule has 2 aromatic rings. The number of carbonyl (C=O) groups excluding carboxylic acids is 1. The van der Waals surface area contributed by atoms with Crippen LogP contribution in [0.2, 0.25) is 0 Å². The molecule has 0 saturated heterocycles. The van der Waals surface area contributed by atoms with Gasteiger partial charge in [-0.2, -0.15) is 0 Å². The van der Waals surface area contributed by atoms with Crippen molar-refractivity contribution >= 4 is 23.4 Å². The number of benzene rings is 2. The maximum atomic E-state index is 12.7. The molecule has 4 heteroatoms. The summed E-state index contributed by atoms with van der Waals surface area (Å²) in [4.78, 5) is 12.7. The van der Waals surface area contributed by atoms with Crippen molar-refractivity contribution < 1.29 is 9.90 Å². The van der Waals surface area contributed by atoms with E-state index in [1.165, 1.54) is 5.56 Å². The summed E-state index contributed by atoms with van der Waals surface area (Å²) in [6, 6.07) is 13.8. The van der Waals surface area contributed by atoms with Gasteiger partial charge in [0, 0.05) is 5.69 Å². The number of aryl methyl sites for hydroxylation is 2. The molecule has 1 heterocycles. The van der Waals surface area contributed by atoms with Crippen molar-refractivity contribution in [2.24, 2.45) is 0 Å². The fraction of sp³-hybridized carbons (Fsp3) is 0.278. The summed E-state index contributed by atoms with van der Waals surface area (Å²) in [5.41, 5.74) is 4.96. The number of carbonyl (C=O) groups is 1. The molecule has 2 N–H and O–H groups in total. The Hall–Kier alpha value is -1.78. The highest BCUT2D eigenvalue weighted by atomic mass is 32.2. The molecule has 1 amide bonds. The van der Waals surface area contributed by atoms with E-state index in [1.54, 1.807) is 11.8 Å². The van der Waals surface area contributed by atoms with Gasteiger partial charge in [0.15, 0.2) is 0 Å². The molecule has 1 atom stereocenters. The van der Waals surface area contributed by atoms with E-state index < -0.39 is 0 Å². The van der Waals surface area contributed by atoms with Crippen LogP contribution >= 0.6 is 11.8 Å². The van der Waals surface area contributed by atoms with Crippen LogP contribution in [0.5, 0.6) is 0 Å². The van der Waals surface area contributed by atoms with E-state index in [1.807, 2.05) is 43.3 Å². The van der Waals surface area contributed by atoms with E-state index in [2.05, 4.69) is 11.4 Å². The number of aliphatic hydroxyl groups excluding tert-OH is 1. The lowest BCUT2D eigenvalue weighted by Crippen LogP contribution is -2.23. The Labute approximate surface area is 134 Å². The van der Waals surface area contributed by atoms with Gasteiger partial charge in [-0.3, -0.25) is 4.79 Å². The molecule has 0 aliphatic carbocycles. The van der Waals surface area contributed by atoms with Gasteiger partial charge in [-0.1, -0.05) is 36.4 Å².